The molecule has 0 atom stereocenters. The Balaban J connectivity index is 1.37. The van der Waals surface area contributed by atoms with Crippen molar-refractivity contribution in [2.45, 2.75) is 51.5 Å². The normalized spacial score (nSPS) is 18.8. The van der Waals surface area contributed by atoms with E-state index in [2.05, 4.69) is 46.8 Å². The number of fused-ring (bicyclic) bond motifs is 2. The quantitative estimate of drug-likeness (QED) is 0.531. The minimum absolute atomic E-state index is 0.328. The lowest BCUT2D eigenvalue weighted by molar-refractivity contribution is -0.0714. The fourth-order valence-electron chi connectivity index (χ4n) is 5.19. The maximum atomic E-state index is 5.37. The van der Waals surface area contributed by atoms with Crippen LogP contribution in [-0.2, 0) is 4.74 Å². The molecule has 1 N–H and O–H groups in total. The molecule has 2 aliphatic rings. The number of aromatic amines is 1. The van der Waals surface area contributed by atoms with Gasteiger partial charge in [-0.15, -0.1) is 0 Å². The number of aryl methyl sites for hydroxylation is 1. The van der Waals surface area contributed by atoms with Gasteiger partial charge in [-0.1, -0.05) is 13.8 Å². The van der Waals surface area contributed by atoms with Gasteiger partial charge in [-0.25, -0.2) is 19.5 Å². The van der Waals surface area contributed by atoms with Gasteiger partial charge in [-0.05, 0) is 50.4 Å². The van der Waals surface area contributed by atoms with Gasteiger partial charge in [0.25, 0.3) is 0 Å². The van der Waals surface area contributed by atoms with Gasteiger partial charge >= 0.3 is 0 Å². The first kappa shape index (κ1) is 19.8. The lowest BCUT2D eigenvalue weighted by Gasteiger charge is -2.41. The molecular formula is C24H29N7O. The highest BCUT2D eigenvalue weighted by Gasteiger charge is 2.31. The average Bonchev–Trinajstić information content (AvgIpc) is 3.37. The van der Waals surface area contributed by atoms with E-state index in [4.69, 9.17) is 14.7 Å². The van der Waals surface area contributed by atoms with E-state index in [9.17, 15) is 0 Å². The minimum Gasteiger partial charge on any atom is -0.378 e. The van der Waals surface area contributed by atoms with E-state index in [0.717, 1.165) is 78.5 Å². The summed E-state index contributed by atoms with van der Waals surface area (Å²) in [4.78, 5) is 20.4. The Morgan fingerprint density at radius 1 is 1.16 bits per heavy atom. The topological polar surface area (TPSA) is 84.2 Å². The lowest BCUT2D eigenvalue weighted by Crippen LogP contribution is -2.51. The monoisotopic (exact) mass is 431 g/mol. The molecule has 0 saturated carbocycles. The van der Waals surface area contributed by atoms with Crippen molar-refractivity contribution in [1.29, 1.82) is 0 Å². The van der Waals surface area contributed by atoms with Crippen LogP contribution in [-0.4, -0.2) is 66.8 Å². The van der Waals surface area contributed by atoms with Crippen molar-refractivity contribution >= 4 is 16.7 Å². The third kappa shape index (κ3) is 3.20. The highest BCUT2D eigenvalue weighted by atomic mass is 16.5. The van der Waals surface area contributed by atoms with E-state index in [1.165, 1.54) is 5.56 Å². The summed E-state index contributed by atoms with van der Waals surface area (Å²) in [6.07, 6.45) is 7.83. The van der Waals surface area contributed by atoms with Crippen LogP contribution in [0.2, 0.25) is 0 Å². The summed E-state index contributed by atoms with van der Waals surface area (Å²) in [5, 5.41) is 4.35. The van der Waals surface area contributed by atoms with E-state index >= 15 is 0 Å². The number of piperidine rings is 1. The van der Waals surface area contributed by atoms with Crippen LogP contribution in [0, 0.1) is 6.92 Å². The number of nitrogens with zero attached hydrogens (tertiary/aromatic N) is 6. The van der Waals surface area contributed by atoms with E-state index in [1.54, 1.807) is 6.33 Å². The van der Waals surface area contributed by atoms with Crippen molar-refractivity contribution < 1.29 is 4.74 Å². The number of aromatic nitrogens is 6. The molecule has 0 unspecified atom stereocenters. The van der Waals surface area contributed by atoms with Crippen molar-refractivity contribution in [2.75, 3.05) is 26.3 Å². The van der Waals surface area contributed by atoms with Crippen molar-refractivity contribution in [2.24, 2.45) is 0 Å². The first-order chi connectivity index (χ1) is 15.6. The molecule has 0 aromatic carbocycles. The smallest absolute Gasteiger partial charge is 0.158 e. The Labute approximate surface area is 187 Å². The SMILES string of the molecule is Cc1cc(-c2[nH]c3cnc(C4CCN(C5COC5)CC4)nc3c2C(C)C)cn2ncnc12. The van der Waals surface area contributed by atoms with E-state index < -0.39 is 0 Å². The number of nitrogens with one attached hydrogen (secondary N) is 1. The summed E-state index contributed by atoms with van der Waals surface area (Å²) in [6, 6.07) is 2.79. The summed E-state index contributed by atoms with van der Waals surface area (Å²) >= 11 is 0. The Hall–Kier alpha value is -2.84. The molecule has 8 heteroatoms. The van der Waals surface area contributed by atoms with Crippen LogP contribution in [0.4, 0.5) is 0 Å². The number of pyridine rings is 1. The largest absolute Gasteiger partial charge is 0.378 e. The van der Waals surface area contributed by atoms with Gasteiger partial charge in [0.1, 0.15) is 12.2 Å². The zero-order valence-corrected chi connectivity index (χ0v) is 18.9. The second-order valence-electron chi connectivity index (χ2n) is 9.50. The molecule has 2 saturated heterocycles. The number of hydrogen-bond acceptors (Lipinski definition) is 6. The van der Waals surface area contributed by atoms with Crippen LogP contribution in [0.3, 0.4) is 0 Å². The lowest BCUT2D eigenvalue weighted by atomic mass is 9.94. The summed E-state index contributed by atoms with van der Waals surface area (Å²) in [6.45, 7) is 10.5. The van der Waals surface area contributed by atoms with Gasteiger partial charge in [-0.3, -0.25) is 4.90 Å². The van der Waals surface area contributed by atoms with Crippen LogP contribution >= 0.6 is 0 Å². The molecular weight excluding hydrogens is 402 g/mol. The Morgan fingerprint density at radius 3 is 2.69 bits per heavy atom. The van der Waals surface area contributed by atoms with Crippen molar-refractivity contribution in [3.63, 3.8) is 0 Å². The fourth-order valence-corrected chi connectivity index (χ4v) is 5.19. The first-order valence-corrected chi connectivity index (χ1v) is 11.6. The fraction of sp³-hybridized carbons (Fsp3) is 0.500. The molecule has 4 aromatic rings. The average molecular weight is 432 g/mol. The van der Waals surface area contributed by atoms with Gasteiger partial charge in [-0.2, -0.15) is 5.10 Å². The van der Waals surface area contributed by atoms with Gasteiger partial charge in [0.2, 0.25) is 0 Å². The highest BCUT2D eigenvalue weighted by Crippen LogP contribution is 2.36. The predicted molar refractivity (Wildman–Crippen MR) is 123 cm³/mol. The number of likely N-dealkylation sites (tertiary alicyclic amines) is 1. The van der Waals surface area contributed by atoms with Gasteiger partial charge in [0.05, 0.1) is 42.2 Å². The minimum atomic E-state index is 0.328. The van der Waals surface area contributed by atoms with Crippen LogP contribution in [0.1, 0.15) is 55.5 Å². The maximum Gasteiger partial charge on any atom is 0.158 e. The summed E-state index contributed by atoms with van der Waals surface area (Å²) in [5.41, 5.74) is 7.47. The van der Waals surface area contributed by atoms with E-state index in [1.807, 2.05) is 16.9 Å². The van der Waals surface area contributed by atoms with Gasteiger partial charge in [0, 0.05) is 23.2 Å². The third-order valence-electron chi connectivity index (χ3n) is 7.05. The molecule has 2 fully saturated rings. The first-order valence-electron chi connectivity index (χ1n) is 11.6. The molecule has 8 nitrogen and oxygen atoms in total. The summed E-state index contributed by atoms with van der Waals surface area (Å²) in [7, 11) is 0. The number of rotatable bonds is 4. The van der Waals surface area contributed by atoms with E-state index in [-0.39, 0.29) is 0 Å². The standard InChI is InChI=1S/C24H29N7O/c1-14(2)20-21(17-8-15(3)24-26-13-27-31(24)10-17)28-19-9-25-23(29-22(19)20)16-4-6-30(7-5-16)18-11-32-12-18/h8-10,13-14,16,18,28H,4-7,11-12H2,1-3H3. The molecule has 0 bridgehead atoms. The molecule has 0 amide bonds. The van der Waals surface area contributed by atoms with Crippen LogP contribution in [0.25, 0.3) is 27.9 Å². The molecule has 6 rings (SSSR count). The molecule has 0 aliphatic carbocycles. The van der Waals surface area contributed by atoms with Crippen molar-refractivity contribution in [3.05, 3.63) is 41.7 Å². The molecule has 32 heavy (non-hydrogen) atoms. The Kier molecular flexibility index (Phi) is 4.73. The van der Waals surface area contributed by atoms with Crippen LogP contribution < -0.4 is 0 Å². The molecule has 4 aromatic heterocycles. The summed E-state index contributed by atoms with van der Waals surface area (Å²) in [5.74, 6) is 1.73. The second-order valence-corrected chi connectivity index (χ2v) is 9.50. The van der Waals surface area contributed by atoms with Crippen molar-refractivity contribution in [1.82, 2.24) is 34.4 Å². The zero-order valence-electron chi connectivity index (χ0n) is 18.9. The maximum absolute atomic E-state index is 5.37. The third-order valence-corrected chi connectivity index (χ3v) is 7.05. The number of H-pyrrole nitrogens is 1. The number of hydrogen-bond donors (Lipinski definition) is 1. The van der Waals surface area contributed by atoms with Crippen LogP contribution in [0.15, 0.2) is 24.8 Å². The molecule has 6 heterocycles. The van der Waals surface area contributed by atoms with Gasteiger partial charge < -0.3 is 9.72 Å². The predicted octanol–water partition coefficient (Wildman–Crippen LogP) is 3.68. The Morgan fingerprint density at radius 2 is 1.97 bits per heavy atom. The van der Waals surface area contributed by atoms with Crippen LogP contribution in [0.5, 0.6) is 0 Å². The molecule has 0 spiro atoms. The van der Waals surface area contributed by atoms with Crippen molar-refractivity contribution in [3.8, 4) is 11.3 Å². The van der Waals surface area contributed by atoms with E-state index in [0.29, 0.717) is 17.9 Å². The zero-order chi connectivity index (χ0) is 21.8. The number of ether oxygens (including phenoxy) is 1. The molecule has 2 aliphatic heterocycles. The Bertz CT molecular complexity index is 1280. The molecule has 166 valence electrons. The summed E-state index contributed by atoms with van der Waals surface area (Å²) < 4.78 is 7.22. The highest BCUT2D eigenvalue weighted by molar-refractivity contribution is 5.88. The molecule has 0 radical (unpaired) electrons. The second kappa shape index (κ2) is 7.64. The van der Waals surface area contributed by atoms with Gasteiger partial charge in [0.15, 0.2) is 5.65 Å².